The van der Waals surface area contributed by atoms with Gasteiger partial charge in [0.05, 0.1) is 0 Å². The zero-order valence-electron chi connectivity index (χ0n) is 8.07. The van der Waals surface area contributed by atoms with Gasteiger partial charge in [-0.15, -0.1) is 12.6 Å². The molecule has 0 fully saturated rings. The fourth-order valence-corrected chi connectivity index (χ4v) is 0.437. The summed E-state index contributed by atoms with van der Waals surface area (Å²) < 4.78 is 0. The molecular formula is C4H10AuNa2OS. The molecule has 0 aliphatic carbocycles. The van der Waals surface area contributed by atoms with Crippen molar-refractivity contribution in [3.05, 3.63) is 0 Å². The summed E-state index contributed by atoms with van der Waals surface area (Å²) >= 11 is 3.54. The van der Waals surface area contributed by atoms with E-state index in [9.17, 15) is 4.79 Å². The van der Waals surface area contributed by atoms with Gasteiger partial charge < -0.3 is 2.85 Å². The number of hydrogen-bond acceptors (Lipinski definition) is 1. The Morgan fingerprint density at radius 3 is 1.89 bits per heavy atom. The van der Waals surface area contributed by atoms with Crippen molar-refractivity contribution in [2.45, 2.75) is 19.8 Å². The van der Waals surface area contributed by atoms with Crippen molar-refractivity contribution in [3.63, 3.8) is 0 Å². The van der Waals surface area contributed by atoms with Gasteiger partial charge >= 0.3 is 59.1 Å². The van der Waals surface area contributed by atoms with Crippen LogP contribution < -0.4 is 59.1 Å². The molecule has 0 aliphatic heterocycles. The Morgan fingerprint density at radius 2 is 1.89 bits per heavy atom. The summed E-state index contributed by atoms with van der Waals surface area (Å²) in [6.45, 7) is 1.95. The molecule has 0 saturated heterocycles. The van der Waals surface area contributed by atoms with Crippen molar-refractivity contribution in [1.82, 2.24) is 0 Å². The number of rotatable bonds is 2. The minimum Gasteiger partial charge on any atom is -1.00 e. The minimum absolute atomic E-state index is 0. The molecule has 0 heterocycles. The van der Waals surface area contributed by atoms with Crippen LogP contribution in [0.4, 0.5) is 0 Å². The zero-order valence-corrected chi connectivity index (χ0v) is 13.1. The average Bonchev–Trinajstić information content (AvgIpc) is 1.35. The molecule has 5 heteroatoms. The van der Waals surface area contributed by atoms with Gasteiger partial charge in [0.15, 0.2) is 5.12 Å². The monoisotopic (exact) mass is 349 g/mol. The number of carbonyl (C=O) groups is 1. The van der Waals surface area contributed by atoms with Gasteiger partial charge in [0, 0.05) is 28.8 Å². The first kappa shape index (κ1) is 22.6. The first-order valence-electron chi connectivity index (χ1n) is 1.99. The summed E-state index contributed by atoms with van der Waals surface area (Å²) in [6.07, 6.45) is 1.51. The summed E-state index contributed by atoms with van der Waals surface area (Å²) in [5, 5.41) is -0.0162. The van der Waals surface area contributed by atoms with Gasteiger partial charge in [0.1, 0.15) is 0 Å². The second-order valence-corrected chi connectivity index (χ2v) is 1.64. The molecule has 0 atom stereocenters. The van der Waals surface area contributed by atoms with E-state index in [1.54, 1.807) is 0 Å². The third kappa shape index (κ3) is 24.9. The van der Waals surface area contributed by atoms with Crippen molar-refractivity contribution < 1.29 is 89.1 Å². The molecule has 0 aromatic rings. The van der Waals surface area contributed by atoms with E-state index in [1.807, 2.05) is 6.92 Å². The van der Waals surface area contributed by atoms with E-state index in [-0.39, 0.29) is 89.5 Å². The summed E-state index contributed by atoms with van der Waals surface area (Å²) in [5.41, 5.74) is 0. The number of thiol groups is 1. The van der Waals surface area contributed by atoms with Crippen LogP contribution in [0.1, 0.15) is 22.6 Å². The maximum Gasteiger partial charge on any atom is 1.00 e. The third-order valence-corrected chi connectivity index (χ3v) is 0.687. The SMILES string of the molecule is CCCC(=O)S.[Au].[H-].[H-].[Na+].[Na+]. The smallest absolute Gasteiger partial charge is 1.00 e. The fourth-order valence-electron chi connectivity index (χ4n) is 0.214. The predicted octanol–water partition coefficient (Wildman–Crippen LogP) is -4.53. The van der Waals surface area contributed by atoms with Crippen LogP contribution in [0.2, 0.25) is 0 Å². The van der Waals surface area contributed by atoms with Crippen LogP contribution in [-0.2, 0) is 27.2 Å². The predicted molar refractivity (Wildman–Crippen MR) is 31.1 cm³/mol. The topological polar surface area (TPSA) is 17.1 Å². The second kappa shape index (κ2) is 17.0. The molecule has 0 aromatic carbocycles. The Labute approximate surface area is 125 Å². The Hall–Kier alpha value is 2.76. The van der Waals surface area contributed by atoms with Crippen LogP contribution in [0.25, 0.3) is 0 Å². The van der Waals surface area contributed by atoms with Gasteiger partial charge in [0.25, 0.3) is 0 Å². The molecule has 51 valence electrons. The van der Waals surface area contributed by atoms with Crippen molar-refractivity contribution in [1.29, 1.82) is 0 Å². The van der Waals surface area contributed by atoms with Crippen LogP contribution in [0.15, 0.2) is 0 Å². The standard InChI is InChI=1S/C4H8OS.Au.2Na.2H/c1-2-3-4(5)6;;;;;/h2-3H2,1H3,(H,5,6);;;;;/q;;2*+1;2*-1. The van der Waals surface area contributed by atoms with Crippen LogP contribution >= 0.6 is 12.6 Å². The van der Waals surface area contributed by atoms with Crippen molar-refractivity contribution in [3.8, 4) is 0 Å². The van der Waals surface area contributed by atoms with Gasteiger partial charge in [-0.05, 0) is 6.42 Å². The van der Waals surface area contributed by atoms with E-state index in [1.165, 1.54) is 0 Å². The quantitative estimate of drug-likeness (QED) is 0.393. The first-order chi connectivity index (χ1) is 2.77. The molecule has 0 saturated carbocycles. The minimum atomic E-state index is -0.0162. The van der Waals surface area contributed by atoms with Crippen molar-refractivity contribution in [2.75, 3.05) is 0 Å². The van der Waals surface area contributed by atoms with E-state index in [2.05, 4.69) is 12.6 Å². The molecule has 0 aromatic heterocycles. The van der Waals surface area contributed by atoms with Gasteiger partial charge in [-0.25, -0.2) is 0 Å². The third-order valence-electron chi connectivity index (χ3n) is 0.464. The molecule has 1 radical (unpaired) electrons. The summed E-state index contributed by atoms with van der Waals surface area (Å²) in [7, 11) is 0. The first-order valence-corrected chi connectivity index (χ1v) is 2.44. The van der Waals surface area contributed by atoms with Crippen LogP contribution in [0, 0.1) is 0 Å². The average molecular weight is 349 g/mol. The van der Waals surface area contributed by atoms with E-state index < -0.39 is 0 Å². The molecule has 0 spiro atoms. The molecule has 0 bridgehead atoms. The molecule has 9 heavy (non-hydrogen) atoms. The maximum atomic E-state index is 9.91. The van der Waals surface area contributed by atoms with Crippen molar-refractivity contribution >= 4 is 17.7 Å². The van der Waals surface area contributed by atoms with E-state index >= 15 is 0 Å². The largest absolute Gasteiger partial charge is 1.00 e. The number of hydrogen-bond donors (Lipinski definition) is 1. The van der Waals surface area contributed by atoms with Crippen LogP contribution in [0.3, 0.4) is 0 Å². The second-order valence-electron chi connectivity index (χ2n) is 1.14. The van der Waals surface area contributed by atoms with Crippen LogP contribution in [-0.4, -0.2) is 5.12 Å². The van der Waals surface area contributed by atoms with Crippen LogP contribution in [0.5, 0.6) is 0 Å². The Kier molecular flexibility index (Phi) is 42.8. The molecule has 0 rings (SSSR count). The Bertz CT molecular complexity index is 70.1. The molecule has 0 N–H and O–H groups in total. The Morgan fingerprint density at radius 1 is 1.56 bits per heavy atom. The molecule has 0 unspecified atom stereocenters. The fraction of sp³-hybridized carbons (Fsp3) is 0.750. The molecule has 1 nitrogen and oxygen atoms in total. The van der Waals surface area contributed by atoms with Gasteiger partial charge in [-0.1, -0.05) is 6.92 Å². The van der Waals surface area contributed by atoms with Gasteiger partial charge in [-0.3, -0.25) is 4.79 Å². The summed E-state index contributed by atoms with van der Waals surface area (Å²) in [4.78, 5) is 9.91. The summed E-state index contributed by atoms with van der Waals surface area (Å²) in [6, 6.07) is 0. The van der Waals surface area contributed by atoms with Gasteiger partial charge in [-0.2, -0.15) is 0 Å². The Balaban J connectivity index is -0.0000000125. The normalized spacial score (nSPS) is 5.56. The molecule has 0 aliphatic rings. The van der Waals surface area contributed by atoms with Gasteiger partial charge in [0.2, 0.25) is 0 Å². The maximum absolute atomic E-state index is 9.91. The number of carbonyl (C=O) groups excluding carboxylic acids is 1. The summed E-state index contributed by atoms with van der Waals surface area (Å²) in [5.74, 6) is 0. The van der Waals surface area contributed by atoms with Crippen molar-refractivity contribution in [2.24, 2.45) is 0 Å². The van der Waals surface area contributed by atoms with E-state index in [0.717, 1.165) is 6.42 Å². The van der Waals surface area contributed by atoms with E-state index in [4.69, 9.17) is 0 Å². The zero-order chi connectivity index (χ0) is 4.99. The van der Waals surface area contributed by atoms with E-state index in [0.29, 0.717) is 6.42 Å². The molecular weight excluding hydrogens is 339 g/mol. The molecule has 0 amide bonds.